The number of nitrogens with zero attached hydrogens (tertiary/aromatic N) is 2. The summed E-state index contributed by atoms with van der Waals surface area (Å²) < 4.78 is 1.02. The van der Waals surface area contributed by atoms with E-state index in [1.54, 1.807) is 23.5 Å². The molecule has 2 aliphatic rings. The maximum atomic E-state index is 13.1. The number of allylic oxidation sites excluding steroid dienone is 3. The molecular weight excluding hydrogens is 470 g/mol. The molecule has 7 heteroatoms. The van der Waals surface area contributed by atoms with E-state index in [-0.39, 0.29) is 5.78 Å². The summed E-state index contributed by atoms with van der Waals surface area (Å²) in [5.74, 6) is 0.0711. The Morgan fingerprint density at radius 2 is 2.07 bits per heavy atom. The van der Waals surface area contributed by atoms with Crippen LogP contribution in [-0.4, -0.2) is 5.78 Å². The second-order valence-corrected chi connectivity index (χ2v) is 9.53. The van der Waals surface area contributed by atoms with E-state index in [0.717, 1.165) is 40.0 Å². The highest BCUT2D eigenvalue weighted by Gasteiger charge is 2.41. The first-order valence-electron chi connectivity index (χ1n) is 9.46. The van der Waals surface area contributed by atoms with Gasteiger partial charge in [-0.05, 0) is 65.5 Å². The van der Waals surface area contributed by atoms with Gasteiger partial charge in [0.05, 0.1) is 17.6 Å². The van der Waals surface area contributed by atoms with E-state index in [1.807, 2.05) is 23.1 Å². The van der Waals surface area contributed by atoms with E-state index < -0.39 is 5.92 Å². The van der Waals surface area contributed by atoms with Crippen molar-refractivity contribution < 1.29 is 4.79 Å². The second kappa shape index (κ2) is 7.98. The third-order valence-electron chi connectivity index (χ3n) is 5.38. The average Bonchev–Trinajstić information content (AvgIpc) is 3.08. The predicted molar refractivity (Wildman–Crippen MR) is 121 cm³/mol. The summed E-state index contributed by atoms with van der Waals surface area (Å²) in [7, 11) is 0. The normalized spacial score (nSPS) is 19.4. The van der Waals surface area contributed by atoms with Crippen molar-refractivity contribution in [1.82, 2.24) is 0 Å². The van der Waals surface area contributed by atoms with E-state index in [0.29, 0.717) is 28.4 Å². The number of halogens is 2. The minimum Gasteiger partial charge on any atom is -0.384 e. The van der Waals surface area contributed by atoms with Gasteiger partial charge in [-0.2, -0.15) is 5.26 Å². The fraction of sp³-hybridized carbons (Fsp3) is 0.273. The molecular formula is C22H19BrClN3OS. The van der Waals surface area contributed by atoms with Crippen LogP contribution in [0.5, 0.6) is 0 Å². The number of thiophene rings is 1. The number of benzene rings is 1. The Hall–Kier alpha value is -2.07. The summed E-state index contributed by atoms with van der Waals surface area (Å²) in [6, 6.07) is 11.6. The van der Waals surface area contributed by atoms with Crippen LogP contribution in [0.3, 0.4) is 0 Å². The summed E-state index contributed by atoms with van der Waals surface area (Å²) >= 11 is 11.3. The molecule has 0 amide bonds. The number of hydrogen-bond acceptors (Lipinski definition) is 5. The molecule has 1 aliphatic heterocycles. The van der Waals surface area contributed by atoms with Gasteiger partial charge in [-0.25, -0.2) is 0 Å². The lowest BCUT2D eigenvalue weighted by Crippen LogP contribution is -2.38. The molecule has 1 aliphatic carbocycles. The number of rotatable bonds is 3. The molecule has 1 aromatic heterocycles. The van der Waals surface area contributed by atoms with E-state index in [1.165, 1.54) is 4.88 Å². The van der Waals surface area contributed by atoms with E-state index in [4.69, 9.17) is 17.3 Å². The molecule has 148 valence electrons. The minimum atomic E-state index is -0.409. The fourth-order valence-electron chi connectivity index (χ4n) is 4.07. The van der Waals surface area contributed by atoms with Gasteiger partial charge < -0.3 is 5.73 Å². The van der Waals surface area contributed by atoms with Gasteiger partial charge in [-0.15, -0.1) is 11.3 Å². The fourth-order valence-corrected chi connectivity index (χ4v) is 6.23. The SMILES string of the molecule is CCc1sc(C2C(C#N)=C(N)N(c3ccc(Cl)cc3)C3=C2C(=O)CCC3)cc1Br. The van der Waals surface area contributed by atoms with Gasteiger partial charge in [0.15, 0.2) is 5.78 Å². The van der Waals surface area contributed by atoms with E-state index in [9.17, 15) is 10.1 Å². The van der Waals surface area contributed by atoms with Crippen LogP contribution < -0.4 is 10.6 Å². The number of aryl methyl sites for hydroxylation is 1. The highest BCUT2D eigenvalue weighted by Crippen LogP contribution is 2.48. The number of ketones is 1. The first kappa shape index (κ1) is 20.2. The Kier molecular flexibility index (Phi) is 5.56. The number of Topliss-reactive ketones (excluding diaryl/α,β-unsaturated/α-hetero) is 1. The molecule has 0 saturated carbocycles. The number of hydrogen-bond donors (Lipinski definition) is 1. The van der Waals surface area contributed by atoms with Crippen LogP contribution >= 0.6 is 38.9 Å². The van der Waals surface area contributed by atoms with Crippen molar-refractivity contribution in [2.75, 3.05) is 4.90 Å². The summed E-state index contributed by atoms with van der Waals surface area (Å²) in [6.45, 7) is 2.09. The summed E-state index contributed by atoms with van der Waals surface area (Å²) in [5, 5.41) is 10.7. The Morgan fingerprint density at radius 1 is 1.34 bits per heavy atom. The van der Waals surface area contributed by atoms with Crippen LogP contribution in [-0.2, 0) is 11.2 Å². The summed E-state index contributed by atoms with van der Waals surface area (Å²) in [4.78, 5) is 17.1. The zero-order valence-corrected chi connectivity index (χ0v) is 19.0. The van der Waals surface area contributed by atoms with Crippen LogP contribution in [0.1, 0.15) is 41.9 Å². The molecule has 0 saturated heterocycles. The molecule has 0 radical (unpaired) electrons. The van der Waals surface area contributed by atoms with Gasteiger partial charge >= 0.3 is 0 Å². The van der Waals surface area contributed by atoms with Crippen molar-refractivity contribution in [1.29, 1.82) is 5.26 Å². The highest BCUT2D eigenvalue weighted by molar-refractivity contribution is 9.10. The maximum absolute atomic E-state index is 13.1. The Morgan fingerprint density at radius 3 is 2.69 bits per heavy atom. The van der Waals surface area contributed by atoms with Gasteiger partial charge in [-0.3, -0.25) is 9.69 Å². The molecule has 2 N–H and O–H groups in total. The average molecular weight is 489 g/mol. The lowest BCUT2D eigenvalue weighted by atomic mass is 9.78. The molecule has 29 heavy (non-hydrogen) atoms. The Bertz CT molecular complexity index is 1090. The number of nitriles is 1. The zero-order chi connectivity index (χ0) is 20.7. The smallest absolute Gasteiger partial charge is 0.161 e. The minimum absolute atomic E-state index is 0.0954. The standard InChI is InChI=1S/C22H19BrClN3OS/c1-2-18-15(23)10-19(29-18)20-14(11-25)22(26)27(13-8-6-12(24)7-9-13)16-4-3-5-17(28)21(16)20/h6-10,20H,2-5,26H2,1H3. The Balaban J connectivity index is 1.95. The maximum Gasteiger partial charge on any atom is 0.161 e. The quantitative estimate of drug-likeness (QED) is 0.572. The van der Waals surface area contributed by atoms with Gasteiger partial charge in [-0.1, -0.05) is 18.5 Å². The number of carbonyl (C=O) groups is 1. The topological polar surface area (TPSA) is 70.1 Å². The second-order valence-electron chi connectivity index (χ2n) is 7.07. The van der Waals surface area contributed by atoms with Crippen molar-refractivity contribution in [2.24, 2.45) is 5.73 Å². The molecule has 1 atom stereocenters. The lowest BCUT2D eigenvalue weighted by Gasteiger charge is -2.39. The van der Waals surface area contributed by atoms with Gasteiger partial charge in [0.25, 0.3) is 0 Å². The third-order valence-corrected chi connectivity index (χ3v) is 7.95. The van der Waals surface area contributed by atoms with Crippen LogP contribution in [0.4, 0.5) is 5.69 Å². The first-order chi connectivity index (χ1) is 14.0. The molecule has 0 spiro atoms. The van der Waals surface area contributed by atoms with Crippen LogP contribution in [0.15, 0.2) is 57.5 Å². The lowest BCUT2D eigenvalue weighted by molar-refractivity contribution is -0.116. The summed E-state index contributed by atoms with van der Waals surface area (Å²) in [6.07, 6.45) is 2.90. The molecule has 2 aromatic rings. The molecule has 0 bridgehead atoms. The zero-order valence-electron chi connectivity index (χ0n) is 15.8. The van der Waals surface area contributed by atoms with Crippen molar-refractivity contribution in [3.05, 3.63) is 72.2 Å². The molecule has 0 fully saturated rings. The molecule has 2 heterocycles. The van der Waals surface area contributed by atoms with Crippen LogP contribution in [0.25, 0.3) is 0 Å². The van der Waals surface area contributed by atoms with Crippen LogP contribution in [0, 0.1) is 11.3 Å². The van der Waals surface area contributed by atoms with E-state index >= 15 is 0 Å². The van der Waals surface area contributed by atoms with Gasteiger partial charge in [0.2, 0.25) is 0 Å². The predicted octanol–water partition coefficient (Wildman–Crippen LogP) is 6.03. The largest absolute Gasteiger partial charge is 0.384 e. The third kappa shape index (κ3) is 3.42. The Labute approximate surface area is 187 Å². The van der Waals surface area contributed by atoms with Crippen LogP contribution in [0.2, 0.25) is 5.02 Å². The number of carbonyl (C=O) groups excluding carboxylic acids is 1. The van der Waals surface area contributed by atoms with Gasteiger partial charge in [0.1, 0.15) is 5.82 Å². The number of nitrogens with two attached hydrogens (primary N) is 1. The monoisotopic (exact) mass is 487 g/mol. The summed E-state index contributed by atoms with van der Waals surface area (Å²) in [5.41, 5.74) is 9.39. The molecule has 4 nitrogen and oxygen atoms in total. The van der Waals surface area contributed by atoms with Crippen molar-refractivity contribution >= 4 is 50.3 Å². The van der Waals surface area contributed by atoms with Crippen molar-refractivity contribution in [2.45, 2.75) is 38.5 Å². The highest BCUT2D eigenvalue weighted by atomic mass is 79.9. The molecule has 4 rings (SSSR count). The van der Waals surface area contributed by atoms with E-state index in [2.05, 4.69) is 28.9 Å². The number of anilines is 1. The van der Waals surface area contributed by atoms with Gasteiger partial charge in [0, 0.05) is 42.6 Å². The van der Waals surface area contributed by atoms with Crippen molar-refractivity contribution in [3.63, 3.8) is 0 Å². The van der Waals surface area contributed by atoms with Crippen molar-refractivity contribution in [3.8, 4) is 6.07 Å². The molecule has 1 unspecified atom stereocenters. The molecule has 1 aromatic carbocycles. The first-order valence-corrected chi connectivity index (χ1v) is 11.4.